The van der Waals surface area contributed by atoms with Crippen LogP contribution < -0.4 is 11.1 Å². The van der Waals surface area contributed by atoms with E-state index in [9.17, 15) is 4.79 Å². The Morgan fingerprint density at radius 3 is 2.33 bits per heavy atom. The van der Waals surface area contributed by atoms with Crippen molar-refractivity contribution in [1.82, 2.24) is 5.32 Å². The van der Waals surface area contributed by atoms with E-state index in [-0.39, 0.29) is 11.9 Å². The molecule has 0 spiro atoms. The lowest BCUT2D eigenvalue weighted by Crippen LogP contribution is -2.36. The maximum Gasteiger partial charge on any atom is 0.234 e. The molecule has 4 heteroatoms. The molecule has 0 bridgehead atoms. The van der Waals surface area contributed by atoms with Gasteiger partial charge in [0.2, 0.25) is 5.91 Å². The lowest BCUT2D eigenvalue weighted by molar-refractivity contribution is -0.119. The van der Waals surface area contributed by atoms with Crippen molar-refractivity contribution in [3.05, 3.63) is 30.3 Å². The Morgan fingerprint density at radius 1 is 1.40 bits per heavy atom. The van der Waals surface area contributed by atoms with Gasteiger partial charge in [0.1, 0.15) is 5.75 Å². The lowest BCUT2D eigenvalue weighted by atomic mass is 10.2. The first-order valence-electron chi connectivity index (χ1n) is 4.97. The summed E-state index contributed by atoms with van der Waals surface area (Å²) in [5.74, 6) is 0.102. The van der Waals surface area contributed by atoms with E-state index >= 15 is 0 Å². The third kappa shape index (κ3) is 4.46. The van der Waals surface area contributed by atoms with Crippen LogP contribution in [0.25, 0.3) is 0 Å². The fourth-order valence-electron chi connectivity index (χ4n) is 1.36. The Balaban J connectivity index is 0.000000151. The van der Waals surface area contributed by atoms with Gasteiger partial charge in [-0.25, -0.2) is 0 Å². The van der Waals surface area contributed by atoms with Gasteiger partial charge < -0.3 is 16.2 Å². The maximum atomic E-state index is 10.4. The highest BCUT2D eigenvalue weighted by molar-refractivity contribution is 5.80. The smallest absolute Gasteiger partial charge is 0.234 e. The van der Waals surface area contributed by atoms with Crippen LogP contribution in [0.3, 0.4) is 0 Å². The van der Waals surface area contributed by atoms with Crippen LogP contribution in [-0.4, -0.2) is 23.6 Å². The van der Waals surface area contributed by atoms with Crippen LogP contribution in [0.1, 0.15) is 12.8 Å². The second kappa shape index (κ2) is 6.03. The number of hydrogen-bond donors (Lipinski definition) is 3. The summed E-state index contributed by atoms with van der Waals surface area (Å²) in [5.41, 5.74) is 5.00. The van der Waals surface area contributed by atoms with E-state index < -0.39 is 0 Å². The van der Waals surface area contributed by atoms with Crippen molar-refractivity contribution < 1.29 is 9.90 Å². The number of nitrogens with one attached hydrogen (secondary N) is 1. The number of benzene rings is 1. The number of carbonyl (C=O) groups excluding carboxylic acids is 1. The lowest BCUT2D eigenvalue weighted by Gasteiger charge is -2.01. The van der Waals surface area contributed by atoms with Crippen LogP contribution in [0, 0.1) is 0 Å². The number of phenolic OH excluding ortho intramolecular Hbond substituents is 1. The first-order valence-corrected chi connectivity index (χ1v) is 4.97. The number of carbonyl (C=O) groups is 1. The Kier molecular flexibility index (Phi) is 4.63. The number of rotatable bonds is 1. The van der Waals surface area contributed by atoms with E-state index in [1.807, 2.05) is 6.07 Å². The van der Waals surface area contributed by atoms with Crippen LogP contribution in [0.4, 0.5) is 0 Å². The Morgan fingerprint density at radius 2 is 2.07 bits per heavy atom. The second-order valence-corrected chi connectivity index (χ2v) is 3.39. The third-order valence-electron chi connectivity index (χ3n) is 2.16. The van der Waals surface area contributed by atoms with Crippen LogP contribution >= 0.6 is 0 Å². The van der Waals surface area contributed by atoms with Gasteiger partial charge in [0.05, 0.1) is 6.04 Å². The monoisotopic (exact) mass is 208 g/mol. The highest BCUT2D eigenvalue weighted by Gasteiger charge is 2.18. The molecule has 0 radical (unpaired) electrons. The van der Waals surface area contributed by atoms with Gasteiger partial charge in [0, 0.05) is 0 Å². The molecule has 1 heterocycles. The highest BCUT2D eigenvalue weighted by atomic mass is 16.3. The second-order valence-electron chi connectivity index (χ2n) is 3.39. The minimum absolute atomic E-state index is 0.0463. The highest BCUT2D eigenvalue weighted by Crippen LogP contribution is 2.03. The topological polar surface area (TPSA) is 75.4 Å². The van der Waals surface area contributed by atoms with E-state index in [4.69, 9.17) is 10.8 Å². The SMILES string of the molecule is NC(=O)C1CCCN1.Oc1ccccc1. The molecule has 4 nitrogen and oxygen atoms in total. The number of aromatic hydroxyl groups is 1. The molecular formula is C11H16N2O2. The Labute approximate surface area is 89.1 Å². The fourth-order valence-corrected chi connectivity index (χ4v) is 1.36. The van der Waals surface area contributed by atoms with Gasteiger partial charge in [-0.2, -0.15) is 0 Å². The molecule has 1 aromatic carbocycles. The number of primary amides is 1. The maximum absolute atomic E-state index is 10.4. The summed E-state index contributed by atoms with van der Waals surface area (Å²) in [5, 5.41) is 11.6. The summed E-state index contributed by atoms with van der Waals surface area (Å²) in [6.07, 6.45) is 1.99. The zero-order valence-electron chi connectivity index (χ0n) is 8.52. The first-order chi connectivity index (χ1) is 7.20. The Bertz CT molecular complexity index is 295. The Hall–Kier alpha value is -1.55. The molecule has 1 saturated heterocycles. The van der Waals surface area contributed by atoms with Crippen LogP contribution in [0.5, 0.6) is 5.75 Å². The average molecular weight is 208 g/mol. The minimum Gasteiger partial charge on any atom is -0.508 e. The van der Waals surface area contributed by atoms with E-state index in [0.29, 0.717) is 5.75 Å². The van der Waals surface area contributed by atoms with Gasteiger partial charge in [-0.3, -0.25) is 4.79 Å². The van der Waals surface area contributed by atoms with Crippen molar-refractivity contribution >= 4 is 5.91 Å². The normalized spacial score (nSPS) is 19.1. The van der Waals surface area contributed by atoms with E-state index in [1.54, 1.807) is 24.3 Å². The van der Waals surface area contributed by atoms with Gasteiger partial charge in [-0.05, 0) is 31.5 Å². The molecule has 0 saturated carbocycles. The molecular weight excluding hydrogens is 192 g/mol. The molecule has 1 unspecified atom stereocenters. The van der Waals surface area contributed by atoms with Crippen molar-refractivity contribution in [2.24, 2.45) is 5.73 Å². The number of hydrogen-bond acceptors (Lipinski definition) is 3. The molecule has 1 atom stereocenters. The molecule has 4 N–H and O–H groups in total. The predicted molar refractivity (Wildman–Crippen MR) is 58.3 cm³/mol. The van der Waals surface area contributed by atoms with Gasteiger partial charge in [-0.1, -0.05) is 18.2 Å². The van der Waals surface area contributed by atoms with E-state index in [0.717, 1.165) is 19.4 Å². The van der Waals surface area contributed by atoms with Crippen molar-refractivity contribution in [2.45, 2.75) is 18.9 Å². The van der Waals surface area contributed by atoms with Crippen LogP contribution in [-0.2, 0) is 4.79 Å². The summed E-state index contributed by atoms with van der Waals surface area (Å²) in [6.45, 7) is 0.938. The minimum atomic E-state index is -0.220. The van der Waals surface area contributed by atoms with Gasteiger partial charge >= 0.3 is 0 Å². The van der Waals surface area contributed by atoms with E-state index in [2.05, 4.69) is 5.32 Å². The summed E-state index contributed by atoms with van der Waals surface area (Å²) in [6, 6.07) is 8.67. The summed E-state index contributed by atoms with van der Waals surface area (Å²) in [7, 11) is 0. The van der Waals surface area contributed by atoms with Gasteiger partial charge in [-0.15, -0.1) is 0 Å². The molecule has 0 aliphatic carbocycles. The molecule has 1 fully saturated rings. The fraction of sp³-hybridized carbons (Fsp3) is 0.364. The van der Waals surface area contributed by atoms with Crippen molar-refractivity contribution in [2.75, 3.05) is 6.54 Å². The summed E-state index contributed by atoms with van der Waals surface area (Å²) in [4.78, 5) is 10.4. The number of para-hydroxylation sites is 1. The molecule has 15 heavy (non-hydrogen) atoms. The zero-order valence-corrected chi connectivity index (χ0v) is 8.52. The van der Waals surface area contributed by atoms with Crippen molar-refractivity contribution in [3.8, 4) is 5.75 Å². The first kappa shape index (κ1) is 11.5. The van der Waals surface area contributed by atoms with Gasteiger partial charge in [0.25, 0.3) is 0 Å². The molecule has 1 aromatic rings. The quantitative estimate of drug-likeness (QED) is 0.633. The number of phenols is 1. The summed E-state index contributed by atoms with van der Waals surface area (Å²) >= 11 is 0. The predicted octanol–water partition coefficient (Wildman–Crippen LogP) is 0.616. The molecule has 0 aromatic heterocycles. The van der Waals surface area contributed by atoms with Gasteiger partial charge in [0.15, 0.2) is 0 Å². The van der Waals surface area contributed by atoms with Crippen LogP contribution in [0.2, 0.25) is 0 Å². The van der Waals surface area contributed by atoms with E-state index in [1.165, 1.54) is 0 Å². The number of amides is 1. The molecule has 2 rings (SSSR count). The molecule has 1 aliphatic heterocycles. The van der Waals surface area contributed by atoms with Crippen molar-refractivity contribution in [1.29, 1.82) is 0 Å². The molecule has 1 aliphatic rings. The zero-order chi connectivity index (χ0) is 11.1. The van der Waals surface area contributed by atoms with Crippen LogP contribution in [0.15, 0.2) is 30.3 Å². The molecule has 82 valence electrons. The molecule has 1 amide bonds. The summed E-state index contributed by atoms with van der Waals surface area (Å²) < 4.78 is 0. The number of nitrogens with two attached hydrogens (primary N) is 1. The average Bonchev–Trinajstić information content (AvgIpc) is 2.72. The standard InChI is InChI=1S/C6H6O.C5H10N2O/c7-6-4-2-1-3-5-6;6-5(8)4-2-1-3-7-4/h1-5,7H;4,7H,1-3H2,(H2,6,8). The van der Waals surface area contributed by atoms with Crippen molar-refractivity contribution in [3.63, 3.8) is 0 Å². The third-order valence-corrected chi connectivity index (χ3v) is 2.16. The largest absolute Gasteiger partial charge is 0.508 e.